The Morgan fingerprint density at radius 1 is 1.22 bits per heavy atom. The van der Waals surface area contributed by atoms with Crippen molar-refractivity contribution in [2.45, 2.75) is 12.7 Å². The van der Waals surface area contributed by atoms with Gasteiger partial charge in [0.2, 0.25) is 0 Å². The quantitative estimate of drug-likeness (QED) is 0.517. The second-order valence-corrected chi connectivity index (χ2v) is 3.62. The van der Waals surface area contributed by atoms with E-state index in [9.17, 15) is 9.59 Å². The molecule has 1 aromatic carbocycles. The van der Waals surface area contributed by atoms with Crippen LogP contribution in [0.15, 0.2) is 24.3 Å². The van der Waals surface area contributed by atoms with Crippen molar-refractivity contribution in [1.82, 2.24) is 0 Å². The lowest BCUT2D eigenvalue weighted by atomic mass is 10.2. The molecule has 0 aliphatic rings. The van der Waals surface area contributed by atoms with Crippen LogP contribution in [0.25, 0.3) is 0 Å². The number of benzene rings is 1. The smallest absolute Gasteiger partial charge is 0.175 e. The maximum absolute atomic E-state index is 11.5. The maximum atomic E-state index is 11.5. The van der Waals surface area contributed by atoms with Gasteiger partial charge < -0.3 is 14.2 Å². The van der Waals surface area contributed by atoms with E-state index in [1.54, 1.807) is 24.3 Å². The third-order valence-corrected chi connectivity index (χ3v) is 2.34. The second-order valence-electron chi connectivity index (χ2n) is 3.62. The van der Waals surface area contributed by atoms with Gasteiger partial charge in [0.15, 0.2) is 12.1 Å². The fourth-order valence-corrected chi connectivity index (χ4v) is 1.31. The summed E-state index contributed by atoms with van der Waals surface area (Å²) in [5, 5.41) is 0. The summed E-state index contributed by atoms with van der Waals surface area (Å²) in [6, 6.07) is 6.53. The minimum Gasteiger partial charge on any atom is -0.486 e. The highest BCUT2D eigenvalue weighted by Crippen LogP contribution is 2.11. The first-order valence-corrected chi connectivity index (χ1v) is 5.45. The number of carbonyl (C=O) groups is 2. The van der Waals surface area contributed by atoms with Crippen LogP contribution < -0.4 is 4.74 Å². The fourth-order valence-electron chi connectivity index (χ4n) is 1.31. The van der Waals surface area contributed by atoms with E-state index in [0.717, 1.165) is 6.29 Å². The number of aldehydes is 1. The van der Waals surface area contributed by atoms with E-state index in [1.165, 1.54) is 14.2 Å². The third kappa shape index (κ3) is 4.65. The molecule has 18 heavy (non-hydrogen) atoms. The fraction of sp³-hybridized carbons (Fsp3) is 0.385. The summed E-state index contributed by atoms with van der Waals surface area (Å²) >= 11 is 0. The zero-order valence-corrected chi connectivity index (χ0v) is 10.4. The molecule has 0 aliphatic carbocycles. The van der Waals surface area contributed by atoms with E-state index in [-0.39, 0.29) is 18.8 Å². The number of ether oxygens (including phenoxy) is 3. The molecule has 0 spiro atoms. The molecule has 5 heteroatoms. The van der Waals surface area contributed by atoms with Crippen molar-refractivity contribution in [2.24, 2.45) is 0 Å². The summed E-state index contributed by atoms with van der Waals surface area (Å²) in [4.78, 5) is 22.0. The molecule has 0 atom stereocenters. The molecule has 0 saturated heterocycles. The molecule has 0 unspecified atom stereocenters. The van der Waals surface area contributed by atoms with Crippen LogP contribution in [-0.2, 0) is 14.3 Å². The number of hydrogen-bond donors (Lipinski definition) is 0. The lowest BCUT2D eigenvalue weighted by Crippen LogP contribution is -2.22. The van der Waals surface area contributed by atoms with Crippen molar-refractivity contribution in [3.05, 3.63) is 29.8 Å². The highest BCUT2D eigenvalue weighted by molar-refractivity contribution is 5.80. The summed E-state index contributed by atoms with van der Waals surface area (Å²) in [6.07, 6.45) is 0.342. The number of rotatable bonds is 8. The molecule has 0 fully saturated rings. The first kappa shape index (κ1) is 14.3. The second kappa shape index (κ2) is 7.58. The molecule has 0 aliphatic heterocycles. The molecule has 0 N–H and O–H groups in total. The Labute approximate surface area is 106 Å². The minimum absolute atomic E-state index is 0.0519. The molecule has 1 rings (SSSR count). The SMILES string of the molecule is COC(CC(=O)COc1ccc(C=O)cc1)OC. The Morgan fingerprint density at radius 2 is 1.83 bits per heavy atom. The van der Waals surface area contributed by atoms with Crippen LogP contribution in [0.2, 0.25) is 0 Å². The zero-order chi connectivity index (χ0) is 13.4. The molecule has 98 valence electrons. The van der Waals surface area contributed by atoms with Crippen molar-refractivity contribution in [2.75, 3.05) is 20.8 Å². The lowest BCUT2D eigenvalue weighted by Gasteiger charge is -2.12. The van der Waals surface area contributed by atoms with Crippen LogP contribution in [-0.4, -0.2) is 39.2 Å². The lowest BCUT2D eigenvalue weighted by molar-refractivity contribution is -0.139. The van der Waals surface area contributed by atoms with E-state index in [0.29, 0.717) is 11.3 Å². The average Bonchev–Trinajstić information content (AvgIpc) is 2.43. The van der Waals surface area contributed by atoms with Crippen LogP contribution >= 0.6 is 0 Å². The van der Waals surface area contributed by atoms with Crippen molar-refractivity contribution < 1.29 is 23.8 Å². The van der Waals surface area contributed by atoms with Gasteiger partial charge in [-0.05, 0) is 24.3 Å². The molecule has 0 amide bonds. The highest BCUT2D eigenvalue weighted by Gasteiger charge is 2.12. The van der Waals surface area contributed by atoms with Crippen LogP contribution in [0, 0.1) is 0 Å². The number of ketones is 1. The number of Topliss-reactive ketones (excluding diaryl/α,β-unsaturated/α-hetero) is 1. The van der Waals surface area contributed by atoms with Gasteiger partial charge in [-0.2, -0.15) is 0 Å². The van der Waals surface area contributed by atoms with Gasteiger partial charge in [0.1, 0.15) is 18.6 Å². The van der Waals surface area contributed by atoms with Crippen molar-refractivity contribution >= 4 is 12.1 Å². The summed E-state index contributed by atoms with van der Waals surface area (Å²) in [5.41, 5.74) is 0.563. The maximum Gasteiger partial charge on any atom is 0.175 e. The Balaban J connectivity index is 2.39. The van der Waals surface area contributed by atoms with Gasteiger partial charge in [-0.3, -0.25) is 9.59 Å². The standard InChI is InChI=1S/C13H16O5/c1-16-13(17-2)7-11(15)9-18-12-5-3-10(8-14)4-6-12/h3-6,8,13H,7,9H2,1-2H3. The van der Waals surface area contributed by atoms with Gasteiger partial charge in [-0.1, -0.05) is 0 Å². The summed E-state index contributed by atoms with van der Waals surface area (Å²) in [5.74, 6) is 0.420. The van der Waals surface area contributed by atoms with Crippen LogP contribution in [0.4, 0.5) is 0 Å². The zero-order valence-electron chi connectivity index (χ0n) is 10.4. The Kier molecular flexibility index (Phi) is 6.04. The van der Waals surface area contributed by atoms with E-state index >= 15 is 0 Å². The molecule has 0 bridgehead atoms. The summed E-state index contributed by atoms with van der Waals surface area (Å²) < 4.78 is 15.1. The van der Waals surface area contributed by atoms with Crippen molar-refractivity contribution in [3.63, 3.8) is 0 Å². The van der Waals surface area contributed by atoms with Gasteiger partial charge in [0.25, 0.3) is 0 Å². The monoisotopic (exact) mass is 252 g/mol. The molecule has 0 saturated carbocycles. The number of hydrogen-bond acceptors (Lipinski definition) is 5. The normalized spacial score (nSPS) is 10.4. The molecule has 0 heterocycles. The molecular formula is C13H16O5. The first-order chi connectivity index (χ1) is 8.69. The van der Waals surface area contributed by atoms with Gasteiger partial charge in [0.05, 0.1) is 6.42 Å². The van der Waals surface area contributed by atoms with Gasteiger partial charge >= 0.3 is 0 Å². The van der Waals surface area contributed by atoms with E-state index < -0.39 is 6.29 Å². The van der Waals surface area contributed by atoms with E-state index in [2.05, 4.69) is 0 Å². The third-order valence-electron chi connectivity index (χ3n) is 2.34. The largest absolute Gasteiger partial charge is 0.486 e. The van der Waals surface area contributed by atoms with Crippen molar-refractivity contribution in [3.8, 4) is 5.75 Å². The Hall–Kier alpha value is -1.72. The summed E-state index contributed by atoms with van der Waals surface area (Å²) in [7, 11) is 2.95. The van der Waals surface area contributed by atoms with Crippen LogP contribution in [0.3, 0.4) is 0 Å². The predicted octanol–water partition coefficient (Wildman–Crippen LogP) is 1.46. The summed E-state index contributed by atoms with van der Waals surface area (Å²) in [6.45, 7) is -0.0519. The predicted molar refractivity (Wildman–Crippen MR) is 64.8 cm³/mol. The van der Waals surface area contributed by atoms with Gasteiger partial charge in [0, 0.05) is 19.8 Å². The topological polar surface area (TPSA) is 61.8 Å². The molecule has 0 aromatic heterocycles. The first-order valence-electron chi connectivity index (χ1n) is 5.45. The van der Waals surface area contributed by atoms with Gasteiger partial charge in [-0.15, -0.1) is 0 Å². The molecular weight excluding hydrogens is 236 g/mol. The van der Waals surface area contributed by atoms with E-state index in [1.807, 2.05) is 0 Å². The minimum atomic E-state index is -0.543. The highest BCUT2D eigenvalue weighted by atomic mass is 16.7. The van der Waals surface area contributed by atoms with Gasteiger partial charge in [-0.25, -0.2) is 0 Å². The average molecular weight is 252 g/mol. The molecule has 0 radical (unpaired) electrons. The Morgan fingerprint density at radius 3 is 2.33 bits per heavy atom. The molecule has 5 nitrogen and oxygen atoms in total. The van der Waals surface area contributed by atoms with Crippen molar-refractivity contribution in [1.29, 1.82) is 0 Å². The van der Waals surface area contributed by atoms with Crippen LogP contribution in [0.1, 0.15) is 16.8 Å². The number of carbonyl (C=O) groups excluding carboxylic acids is 2. The van der Waals surface area contributed by atoms with E-state index in [4.69, 9.17) is 14.2 Å². The molecule has 1 aromatic rings. The number of methoxy groups -OCH3 is 2. The van der Waals surface area contributed by atoms with Crippen LogP contribution in [0.5, 0.6) is 5.75 Å². The Bertz CT molecular complexity index is 381.